The Bertz CT molecular complexity index is 977. The second kappa shape index (κ2) is 7.69. The van der Waals surface area contributed by atoms with Gasteiger partial charge in [-0.3, -0.25) is 9.67 Å². The molecule has 1 N–H and O–H groups in total. The monoisotopic (exact) mass is 383 g/mol. The van der Waals surface area contributed by atoms with E-state index in [0.29, 0.717) is 17.0 Å². The van der Waals surface area contributed by atoms with E-state index in [1.165, 1.54) is 37.9 Å². The number of nitrogens with zero attached hydrogens (tertiary/aromatic N) is 3. The molecular weight excluding hydrogens is 362 g/mol. The van der Waals surface area contributed by atoms with Crippen LogP contribution in [0.1, 0.15) is 53.7 Å². The maximum Gasteiger partial charge on any atom is 0.336 e. The van der Waals surface area contributed by atoms with Crippen LogP contribution in [0.2, 0.25) is 5.02 Å². The molecule has 2 heterocycles. The van der Waals surface area contributed by atoms with Gasteiger partial charge in [-0.05, 0) is 42.2 Å². The Hall–Kier alpha value is -2.40. The molecule has 4 rings (SSSR count). The van der Waals surface area contributed by atoms with Crippen molar-refractivity contribution in [3.8, 4) is 0 Å². The van der Waals surface area contributed by atoms with Crippen LogP contribution in [0.25, 0.3) is 10.9 Å². The van der Waals surface area contributed by atoms with Gasteiger partial charge < -0.3 is 5.11 Å². The average molecular weight is 384 g/mol. The number of carbonyl (C=O) groups is 1. The van der Waals surface area contributed by atoms with Crippen LogP contribution < -0.4 is 0 Å². The standard InChI is InChI=1S/C21H22ClN3O2/c22-16-5-6-20-18(12-16)19(11-15-13-23-9-7-17(15)21(26)27)24-25(20)10-8-14-3-1-2-4-14/h5-7,9,12-14H,1-4,8,10-11H2,(H,26,27). The summed E-state index contributed by atoms with van der Waals surface area (Å²) in [5.41, 5.74) is 2.82. The van der Waals surface area contributed by atoms with Crippen LogP contribution in [0, 0.1) is 5.92 Å². The molecule has 0 spiro atoms. The van der Waals surface area contributed by atoms with E-state index in [2.05, 4.69) is 9.67 Å². The second-order valence-electron chi connectivity index (χ2n) is 7.29. The number of fused-ring (bicyclic) bond motifs is 1. The fourth-order valence-electron chi connectivity index (χ4n) is 4.08. The van der Waals surface area contributed by atoms with Crippen LogP contribution in [0.4, 0.5) is 0 Å². The number of benzene rings is 1. The molecule has 1 saturated carbocycles. The molecule has 1 aromatic carbocycles. The van der Waals surface area contributed by atoms with Gasteiger partial charge in [0.05, 0.1) is 16.8 Å². The summed E-state index contributed by atoms with van der Waals surface area (Å²) in [5, 5.41) is 15.9. The van der Waals surface area contributed by atoms with Gasteiger partial charge in [0.2, 0.25) is 0 Å². The molecule has 1 aliphatic carbocycles. The number of hydrogen-bond donors (Lipinski definition) is 1. The zero-order valence-corrected chi connectivity index (χ0v) is 15.8. The van der Waals surface area contributed by atoms with E-state index in [-0.39, 0.29) is 5.56 Å². The van der Waals surface area contributed by atoms with Crippen LogP contribution in [-0.4, -0.2) is 25.8 Å². The second-order valence-corrected chi connectivity index (χ2v) is 7.72. The first kappa shape index (κ1) is 18.0. The predicted octanol–water partition coefficient (Wildman–Crippen LogP) is 4.95. The summed E-state index contributed by atoms with van der Waals surface area (Å²) in [5.74, 6) is -0.160. The molecule has 27 heavy (non-hydrogen) atoms. The van der Waals surface area contributed by atoms with Gasteiger partial charge in [0.1, 0.15) is 0 Å². The number of hydrogen-bond acceptors (Lipinski definition) is 3. The minimum atomic E-state index is -0.949. The normalized spacial score (nSPS) is 14.9. The number of pyridine rings is 1. The van der Waals surface area contributed by atoms with E-state index in [9.17, 15) is 9.90 Å². The fraction of sp³-hybridized carbons (Fsp3) is 0.381. The Morgan fingerprint density at radius 1 is 1.26 bits per heavy atom. The number of aromatic nitrogens is 3. The Kier molecular flexibility index (Phi) is 5.12. The highest BCUT2D eigenvalue weighted by molar-refractivity contribution is 6.31. The van der Waals surface area contributed by atoms with Crippen LogP contribution in [-0.2, 0) is 13.0 Å². The zero-order chi connectivity index (χ0) is 18.8. The quantitative estimate of drug-likeness (QED) is 0.653. The van der Waals surface area contributed by atoms with Crippen molar-refractivity contribution in [2.45, 2.75) is 45.1 Å². The lowest BCUT2D eigenvalue weighted by Gasteiger charge is -2.09. The molecule has 3 aromatic rings. The minimum absolute atomic E-state index is 0.265. The highest BCUT2D eigenvalue weighted by Gasteiger charge is 2.18. The van der Waals surface area contributed by atoms with Gasteiger partial charge in [-0.2, -0.15) is 5.10 Å². The van der Waals surface area contributed by atoms with Crippen LogP contribution >= 0.6 is 11.6 Å². The Balaban J connectivity index is 1.67. The van der Waals surface area contributed by atoms with Crippen molar-refractivity contribution in [1.82, 2.24) is 14.8 Å². The molecule has 5 nitrogen and oxygen atoms in total. The van der Waals surface area contributed by atoms with E-state index in [0.717, 1.165) is 35.5 Å². The largest absolute Gasteiger partial charge is 0.478 e. The van der Waals surface area contributed by atoms with Crippen LogP contribution in [0.15, 0.2) is 36.7 Å². The van der Waals surface area contributed by atoms with Crippen molar-refractivity contribution in [3.05, 3.63) is 58.5 Å². The maximum absolute atomic E-state index is 11.5. The van der Waals surface area contributed by atoms with Crippen molar-refractivity contribution in [1.29, 1.82) is 0 Å². The summed E-state index contributed by atoms with van der Waals surface area (Å²) in [4.78, 5) is 15.6. The lowest BCUT2D eigenvalue weighted by atomic mass is 10.0. The van der Waals surface area contributed by atoms with Crippen LogP contribution in [0.5, 0.6) is 0 Å². The number of carboxylic acid groups (broad SMARTS) is 1. The summed E-state index contributed by atoms with van der Waals surface area (Å²) >= 11 is 6.22. The smallest absolute Gasteiger partial charge is 0.336 e. The predicted molar refractivity (Wildman–Crippen MR) is 105 cm³/mol. The van der Waals surface area contributed by atoms with Gasteiger partial charge in [-0.1, -0.05) is 37.3 Å². The average Bonchev–Trinajstić information content (AvgIpc) is 3.28. The lowest BCUT2D eigenvalue weighted by molar-refractivity contribution is 0.0695. The summed E-state index contributed by atoms with van der Waals surface area (Å²) < 4.78 is 2.05. The molecule has 0 atom stereocenters. The van der Waals surface area contributed by atoms with Gasteiger partial charge in [0.25, 0.3) is 0 Å². The molecular formula is C21H22ClN3O2. The van der Waals surface area contributed by atoms with Gasteiger partial charge in [0.15, 0.2) is 0 Å². The molecule has 0 amide bonds. The van der Waals surface area contributed by atoms with Crippen molar-refractivity contribution in [2.75, 3.05) is 0 Å². The summed E-state index contributed by atoms with van der Waals surface area (Å²) in [6.07, 6.45) is 9.97. The molecule has 0 radical (unpaired) electrons. The SMILES string of the molecule is O=C(O)c1ccncc1Cc1nn(CCC2CCCC2)c2ccc(Cl)cc12. The number of carboxylic acids is 1. The molecule has 1 aliphatic rings. The van der Waals surface area contributed by atoms with Crippen molar-refractivity contribution >= 4 is 28.5 Å². The molecule has 140 valence electrons. The molecule has 0 unspecified atom stereocenters. The summed E-state index contributed by atoms with van der Waals surface area (Å²) in [6.45, 7) is 0.877. The molecule has 0 saturated heterocycles. The Morgan fingerprint density at radius 3 is 2.85 bits per heavy atom. The number of aromatic carboxylic acids is 1. The minimum Gasteiger partial charge on any atom is -0.478 e. The van der Waals surface area contributed by atoms with Gasteiger partial charge in [-0.15, -0.1) is 0 Å². The molecule has 6 heteroatoms. The number of rotatable bonds is 6. The zero-order valence-electron chi connectivity index (χ0n) is 15.1. The summed E-state index contributed by atoms with van der Waals surface area (Å²) in [6, 6.07) is 7.34. The number of halogens is 1. The number of aryl methyl sites for hydroxylation is 1. The first-order valence-corrected chi connectivity index (χ1v) is 9.81. The molecule has 1 fully saturated rings. The maximum atomic E-state index is 11.5. The third-order valence-corrected chi connectivity index (χ3v) is 5.74. The highest BCUT2D eigenvalue weighted by atomic mass is 35.5. The van der Waals surface area contributed by atoms with E-state index >= 15 is 0 Å². The first-order chi connectivity index (χ1) is 13.1. The first-order valence-electron chi connectivity index (χ1n) is 9.43. The van der Waals surface area contributed by atoms with Crippen molar-refractivity contribution in [2.24, 2.45) is 5.92 Å². The highest BCUT2D eigenvalue weighted by Crippen LogP contribution is 2.30. The molecule has 0 bridgehead atoms. The third kappa shape index (κ3) is 3.83. The van der Waals surface area contributed by atoms with Gasteiger partial charge >= 0.3 is 5.97 Å². The third-order valence-electron chi connectivity index (χ3n) is 5.50. The Morgan fingerprint density at radius 2 is 2.07 bits per heavy atom. The van der Waals surface area contributed by atoms with Crippen molar-refractivity contribution < 1.29 is 9.90 Å². The molecule has 2 aromatic heterocycles. The fourth-order valence-corrected chi connectivity index (χ4v) is 4.25. The Labute approximate surface area is 163 Å². The van der Waals surface area contributed by atoms with Gasteiger partial charge in [-0.25, -0.2) is 4.79 Å². The van der Waals surface area contributed by atoms with E-state index in [1.807, 2.05) is 18.2 Å². The van der Waals surface area contributed by atoms with Crippen LogP contribution in [0.3, 0.4) is 0 Å². The lowest BCUT2D eigenvalue weighted by Crippen LogP contribution is -2.06. The summed E-state index contributed by atoms with van der Waals surface area (Å²) in [7, 11) is 0. The van der Waals surface area contributed by atoms with Crippen molar-refractivity contribution in [3.63, 3.8) is 0 Å². The van der Waals surface area contributed by atoms with E-state index < -0.39 is 5.97 Å². The topological polar surface area (TPSA) is 68.0 Å². The van der Waals surface area contributed by atoms with Gasteiger partial charge in [0, 0.05) is 35.8 Å². The molecule has 0 aliphatic heterocycles. The van der Waals surface area contributed by atoms with E-state index in [4.69, 9.17) is 16.7 Å². The van der Waals surface area contributed by atoms with E-state index in [1.54, 1.807) is 6.20 Å².